The van der Waals surface area contributed by atoms with Crippen LogP contribution < -0.4 is 5.73 Å². The minimum atomic E-state index is -3.29. The highest BCUT2D eigenvalue weighted by Gasteiger charge is 2.24. The van der Waals surface area contributed by atoms with Crippen LogP contribution in [0.2, 0.25) is 0 Å². The summed E-state index contributed by atoms with van der Waals surface area (Å²) in [6.45, 7) is 5.10. The van der Waals surface area contributed by atoms with Crippen molar-refractivity contribution in [1.82, 2.24) is 4.31 Å². The number of sulfonamides is 1. The molecule has 1 aromatic rings. The Bertz CT molecular complexity index is 454. The van der Waals surface area contributed by atoms with Gasteiger partial charge in [-0.25, -0.2) is 12.7 Å². The number of hydrogen-bond acceptors (Lipinski definition) is 3. The first-order valence-electron chi connectivity index (χ1n) is 6.79. The average molecular weight is 284 g/mol. The predicted octanol–water partition coefficient (Wildman–Crippen LogP) is 2.14. The predicted molar refractivity (Wildman–Crippen MR) is 79.3 cm³/mol. The molecule has 0 bridgehead atoms. The number of rotatable bonds is 8. The maximum atomic E-state index is 12.3. The van der Waals surface area contributed by atoms with E-state index in [1.807, 2.05) is 44.2 Å². The van der Waals surface area contributed by atoms with Crippen molar-refractivity contribution < 1.29 is 8.42 Å². The van der Waals surface area contributed by atoms with Crippen LogP contribution in [0.5, 0.6) is 0 Å². The van der Waals surface area contributed by atoms with Crippen LogP contribution in [-0.2, 0) is 10.0 Å². The summed E-state index contributed by atoms with van der Waals surface area (Å²) in [5.74, 6) is -0.0307. The fourth-order valence-electron chi connectivity index (χ4n) is 2.02. The van der Waals surface area contributed by atoms with E-state index in [0.29, 0.717) is 13.1 Å². The van der Waals surface area contributed by atoms with Crippen LogP contribution in [0.25, 0.3) is 0 Å². The molecule has 0 aliphatic carbocycles. The van der Waals surface area contributed by atoms with Crippen LogP contribution in [0.4, 0.5) is 0 Å². The second-order valence-electron chi connectivity index (χ2n) is 4.69. The number of hydrogen-bond donors (Lipinski definition) is 1. The van der Waals surface area contributed by atoms with E-state index in [0.717, 1.165) is 18.4 Å². The molecule has 1 aromatic carbocycles. The highest BCUT2D eigenvalue weighted by molar-refractivity contribution is 7.89. The summed E-state index contributed by atoms with van der Waals surface area (Å²) in [7, 11) is -3.29. The van der Waals surface area contributed by atoms with Crippen molar-refractivity contribution in [2.45, 2.75) is 32.7 Å². The van der Waals surface area contributed by atoms with E-state index in [1.54, 1.807) is 4.31 Å². The second kappa shape index (κ2) is 7.62. The maximum Gasteiger partial charge on any atom is 0.215 e. The van der Waals surface area contributed by atoms with Gasteiger partial charge in [0, 0.05) is 19.1 Å². The minimum Gasteiger partial charge on any atom is -0.323 e. The first kappa shape index (κ1) is 16.1. The molecule has 0 spiro atoms. The smallest absolute Gasteiger partial charge is 0.215 e. The summed E-state index contributed by atoms with van der Waals surface area (Å²) in [5.41, 5.74) is 6.87. The average Bonchev–Trinajstić information content (AvgIpc) is 2.39. The van der Waals surface area contributed by atoms with Crippen molar-refractivity contribution >= 4 is 10.0 Å². The van der Waals surface area contributed by atoms with Crippen molar-refractivity contribution in [3.8, 4) is 0 Å². The number of nitrogens with zero attached hydrogens (tertiary/aromatic N) is 1. The highest BCUT2D eigenvalue weighted by Crippen LogP contribution is 2.15. The summed E-state index contributed by atoms with van der Waals surface area (Å²) in [5, 5.41) is 0. The summed E-state index contributed by atoms with van der Waals surface area (Å²) < 4.78 is 26.2. The van der Waals surface area contributed by atoms with Crippen molar-refractivity contribution in [3.63, 3.8) is 0 Å². The minimum absolute atomic E-state index is 0.0307. The van der Waals surface area contributed by atoms with Crippen LogP contribution in [0.15, 0.2) is 30.3 Å². The third-order valence-electron chi connectivity index (χ3n) is 2.96. The first-order chi connectivity index (χ1) is 9.01. The number of nitrogens with two attached hydrogens (primary N) is 1. The summed E-state index contributed by atoms with van der Waals surface area (Å²) in [4.78, 5) is 0. The van der Waals surface area contributed by atoms with E-state index < -0.39 is 16.1 Å². The molecule has 1 atom stereocenters. The molecule has 0 fully saturated rings. The lowest BCUT2D eigenvalue weighted by molar-refractivity contribution is 0.407. The van der Waals surface area contributed by atoms with Crippen LogP contribution in [0.3, 0.4) is 0 Å². The summed E-state index contributed by atoms with van der Waals surface area (Å²) in [6, 6.07) is 8.90. The van der Waals surface area contributed by atoms with Gasteiger partial charge >= 0.3 is 0 Å². The molecule has 5 heteroatoms. The monoisotopic (exact) mass is 284 g/mol. The van der Waals surface area contributed by atoms with Gasteiger partial charge in [0.25, 0.3) is 0 Å². The summed E-state index contributed by atoms with van der Waals surface area (Å²) >= 11 is 0. The van der Waals surface area contributed by atoms with Crippen molar-refractivity contribution in [1.29, 1.82) is 0 Å². The lowest BCUT2D eigenvalue weighted by Gasteiger charge is -2.23. The quantitative estimate of drug-likeness (QED) is 0.795. The van der Waals surface area contributed by atoms with E-state index >= 15 is 0 Å². The van der Waals surface area contributed by atoms with Gasteiger partial charge in [-0.2, -0.15) is 0 Å². The standard InChI is InChI=1S/C14H24N2O2S/c1-3-10-16(11-4-2)19(17,18)12-14(15)13-8-6-5-7-9-13/h5-9,14H,3-4,10-12,15H2,1-2H3. The molecule has 0 aliphatic rings. The number of benzene rings is 1. The largest absolute Gasteiger partial charge is 0.323 e. The van der Waals surface area contributed by atoms with Gasteiger partial charge in [-0.3, -0.25) is 0 Å². The molecule has 0 radical (unpaired) electrons. The maximum absolute atomic E-state index is 12.3. The Morgan fingerprint density at radius 1 is 1.11 bits per heavy atom. The Morgan fingerprint density at radius 3 is 2.11 bits per heavy atom. The zero-order chi connectivity index (χ0) is 14.3. The van der Waals surface area contributed by atoms with Crippen molar-refractivity contribution in [2.75, 3.05) is 18.8 Å². The van der Waals surface area contributed by atoms with Gasteiger partial charge in [-0.05, 0) is 18.4 Å². The van der Waals surface area contributed by atoms with Gasteiger partial charge in [-0.15, -0.1) is 0 Å². The highest BCUT2D eigenvalue weighted by atomic mass is 32.2. The lowest BCUT2D eigenvalue weighted by Crippen LogP contribution is -2.37. The Hall–Kier alpha value is -0.910. The zero-order valence-corrected chi connectivity index (χ0v) is 12.6. The molecule has 0 aromatic heterocycles. The fourth-order valence-corrected chi connectivity index (χ4v) is 3.80. The van der Waals surface area contributed by atoms with E-state index in [9.17, 15) is 8.42 Å². The van der Waals surface area contributed by atoms with Crippen LogP contribution in [-0.4, -0.2) is 31.6 Å². The molecule has 4 nitrogen and oxygen atoms in total. The first-order valence-corrected chi connectivity index (χ1v) is 8.40. The Morgan fingerprint density at radius 2 is 1.63 bits per heavy atom. The molecule has 0 heterocycles. The van der Waals surface area contributed by atoms with E-state index in [4.69, 9.17) is 5.73 Å². The molecule has 108 valence electrons. The fraction of sp³-hybridized carbons (Fsp3) is 0.571. The van der Waals surface area contributed by atoms with Gasteiger partial charge in [0.05, 0.1) is 5.75 Å². The van der Waals surface area contributed by atoms with Gasteiger partial charge in [0.15, 0.2) is 0 Å². The van der Waals surface area contributed by atoms with Crippen LogP contribution in [0.1, 0.15) is 38.3 Å². The van der Waals surface area contributed by atoms with Crippen molar-refractivity contribution in [2.24, 2.45) is 5.73 Å². The molecule has 0 aliphatic heterocycles. The molecule has 1 rings (SSSR count). The molecular weight excluding hydrogens is 260 g/mol. The van der Waals surface area contributed by atoms with Crippen molar-refractivity contribution in [3.05, 3.63) is 35.9 Å². The van der Waals surface area contributed by atoms with Gasteiger partial charge in [0.2, 0.25) is 10.0 Å². The SMILES string of the molecule is CCCN(CCC)S(=O)(=O)CC(N)c1ccccc1. The Labute approximate surface area is 116 Å². The zero-order valence-electron chi connectivity index (χ0n) is 11.7. The van der Waals surface area contributed by atoms with Crippen LogP contribution >= 0.6 is 0 Å². The summed E-state index contributed by atoms with van der Waals surface area (Å²) in [6.07, 6.45) is 1.64. The van der Waals surface area contributed by atoms with Gasteiger partial charge in [-0.1, -0.05) is 44.2 Å². The molecule has 19 heavy (non-hydrogen) atoms. The Kier molecular flexibility index (Phi) is 6.48. The molecular formula is C14H24N2O2S. The normalized spacial score (nSPS) is 13.7. The van der Waals surface area contributed by atoms with E-state index in [1.165, 1.54) is 0 Å². The molecule has 1 unspecified atom stereocenters. The van der Waals surface area contributed by atoms with Gasteiger partial charge < -0.3 is 5.73 Å². The molecule has 2 N–H and O–H groups in total. The molecule has 0 amide bonds. The lowest BCUT2D eigenvalue weighted by atomic mass is 10.1. The topological polar surface area (TPSA) is 63.4 Å². The van der Waals surface area contributed by atoms with E-state index in [-0.39, 0.29) is 5.75 Å². The Balaban J connectivity index is 2.77. The van der Waals surface area contributed by atoms with Crippen LogP contribution in [0, 0.1) is 0 Å². The van der Waals surface area contributed by atoms with Gasteiger partial charge in [0.1, 0.15) is 0 Å². The second-order valence-corrected chi connectivity index (χ2v) is 6.71. The third-order valence-corrected chi connectivity index (χ3v) is 4.89. The molecule has 0 saturated carbocycles. The molecule has 0 saturated heterocycles. The third kappa shape index (κ3) is 4.93. The van der Waals surface area contributed by atoms with E-state index in [2.05, 4.69) is 0 Å².